The molecule has 1 aliphatic rings. The Morgan fingerprint density at radius 2 is 1.73 bits per heavy atom. The molecule has 0 radical (unpaired) electrons. The summed E-state index contributed by atoms with van der Waals surface area (Å²) >= 11 is 3.47. The number of urea groups is 1. The number of amides is 2. The quantitative estimate of drug-likeness (QED) is 0.794. The minimum absolute atomic E-state index is 0.263. The Hall–Kier alpha value is -2.31. The third-order valence-corrected chi connectivity index (χ3v) is 5.10. The van der Waals surface area contributed by atoms with Crippen LogP contribution in [0.5, 0.6) is 0 Å². The summed E-state index contributed by atoms with van der Waals surface area (Å²) in [6.07, 6.45) is 3.48. The van der Waals surface area contributed by atoms with Crippen LogP contribution < -0.4 is 15.5 Å². The number of nitrogens with zero attached hydrogens (tertiary/aromatic N) is 2. The monoisotopic (exact) mass is 414 g/mol. The molecule has 136 valence electrons. The fourth-order valence-electron chi connectivity index (χ4n) is 2.80. The number of hydrogen-bond donors (Lipinski definition) is 2. The maximum atomic E-state index is 12.0. The first-order chi connectivity index (χ1) is 12.6. The van der Waals surface area contributed by atoms with Crippen molar-refractivity contribution in [2.24, 2.45) is 0 Å². The van der Waals surface area contributed by atoms with Crippen molar-refractivity contribution in [3.8, 4) is 0 Å². The maximum Gasteiger partial charge on any atom is 0.323 e. The van der Waals surface area contributed by atoms with Gasteiger partial charge in [0.25, 0.3) is 0 Å². The summed E-state index contributed by atoms with van der Waals surface area (Å²) in [6.45, 7) is 4.21. The summed E-state index contributed by atoms with van der Waals surface area (Å²) in [5.74, 6) is 0. The minimum Gasteiger partial charge on any atom is -0.369 e. The summed E-state index contributed by atoms with van der Waals surface area (Å²) < 4.78 is 0.984. The number of halogens is 1. The van der Waals surface area contributed by atoms with Crippen LogP contribution in [-0.2, 0) is 0 Å². The van der Waals surface area contributed by atoms with Crippen LogP contribution in [0.1, 0.15) is 5.56 Å². The van der Waals surface area contributed by atoms with Gasteiger partial charge in [0.15, 0.2) is 0 Å². The molecule has 1 saturated heterocycles. The molecular weight excluding hydrogens is 392 g/mol. The molecule has 0 atom stereocenters. The molecule has 0 saturated carbocycles. The van der Waals surface area contributed by atoms with Crippen molar-refractivity contribution in [3.63, 3.8) is 0 Å². The highest BCUT2D eigenvalue weighted by Crippen LogP contribution is 2.19. The van der Waals surface area contributed by atoms with Gasteiger partial charge in [0.2, 0.25) is 0 Å². The first-order valence-corrected chi connectivity index (χ1v) is 9.43. The zero-order chi connectivity index (χ0) is 18.4. The molecule has 1 fully saturated rings. The van der Waals surface area contributed by atoms with Gasteiger partial charge in [0, 0.05) is 48.2 Å². The zero-order valence-corrected chi connectivity index (χ0v) is 16.4. The van der Waals surface area contributed by atoms with Crippen LogP contribution in [0.3, 0.4) is 0 Å². The Morgan fingerprint density at radius 1 is 1.04 bits per heavy atom. The van der Waals surface area contributed by atoms with E-state index in [9.17, 15) is 4.79 Å². The largest absolute Gasteiger partial charge is 0.369 e. The van der Waals surface area contributed by atoms with E-state index in [-0.39, 0.29) is 6.03 Å². The minimum atomic E-state index is -0.263. The van der Waals surface area contributed by atoms with E-state index in [1.165, 1.54) is 5.69 Å². The predicted octanol–water partition coefficient (Wildman–Crippen LogP) is 3.99. The third kappa shape index (κ3) is 5.09. The van der Waals surface area contributed by atoms with Gasteiger partial charge in [-0.1, -0.05) is 34.1 Å². The number of nitrogens with one attached hydrogen (secondary N) is 2. The molecule has 0 unspecified atom stereocenters. The second kappa shape index (κ2) is 8.87. The predicted molar refractivity (Wildman–Crippen MR) is 111 cm³/mol. The van der Waals surface area contributed by atoms with Crippen LogP contribution in [0.4, 0.5) is 16.2 Å². The molecule has 2 aromatic carbocycles. The Bertz CT molecular complexity index is 768. The number of likely N-dealkylation sites (N-methyl/N-ethyl adjacent to an activating group) is 1. The van der Waals surface area contributed by atoms with Crippen molar-refractivity contribution >= 4 is 39.4 Å². The lowest BCUT2D eigenvalue weighted by Gasteiger charge is -2.34. The molecule has 26 heavy (non-hydrogen) atoms. The lowest BCUT2D eigenvalue weighted by Crippen LogP contribution is -2.44. The van der Waals surface area contributed by atoms with Crippen LogP contribution in [0.2, 0.25) is 0 Å². The van der Waals surface area contributed by atoms with Crippen molar-refractivity contribution in [3.05, 3.63) is 64.8 Å². The number of carbonyl (C=O) groups excluding carboxylic acids is 1. The first-order valence-electron chi connectivity index (χ1n) is 8.64. The fourth-order valence-corrected chi connectivity index (χ4v) is 3.22. The number of benzene rings is 2. The number of rotatable bonds is 4. The molecule has 0 aliphatic carbocycles. The van der Waals surface area contributed by atoms with Crippen LogP contribution in [0, 0.1) is 0 Å². The van der Waals surface area contributed by atoms with Gasteiger partial charge in [-0.2, -0.15) is 0 Å². The van der Waals surface area contributed by atoms with E-state index in [4.69, 9.17) is 0 Å². The van der Waals surface area contributed by atoms with Gasteiger partial charge < -0.3 is 20.4 Å². The average Bonchev–Trinajstić information content (AvgIpc) is 2.65. The standard InChI is InChI=1S/C20H23BrN4O/c1-24-12-14-25(15-13-24)18-8-6-17(7-9-18)23-20(26)22-11-10-16-4-2-3-5-19(16)21/h2-11H,12-15H2,1H3,(H2,22,23,26)/b11-10+. The average molecular weight is 415 g/mol. The Morgan fingerprint density at radius 3 is 2.42 bits per heavy atom. The zero-order valence-electron chi connectivity index (χ0n) is 14.8. The summed E-state index contributed by atoms with van der Waals surface area (Å²) in [5, 5.41) is 5.56. The summed E-state index contributed by atoms with van der Waals surface area (Å²) in [4.78, 5) is 16.7. The Labute approximate surface area is 162 Å². The second-order valence-electron chi connectivity index (χ2n) is 6.29. The second-order valence-corrected chi connectivity index (χ2v) is 7.14. The SMILES string of the molecule is CN1CCN(c2ccc(NC(=O)N/C=C/c3ccccc3Br)cc2)CC1. The molecule has 2 aromatic rings. The van der Waals surface area contributed by atoms with Gasteiger partial charge in [-0.25, -0.2) is 4.79 Å². The number of hydrogen-bond acceptors (Lipinski definition) is 3. The highest BCUT2D eigenvalue weighted by molar-refractivity contribution is 9.10. The van der Waals surface area contributed by atoms with E-state index >= 15 is 0 Å². The Balaban J connectivity index is 1.51. The highest BCUT2D eigenvalue weighted by Gasteiger charge is 2.14. The van der Waals surface area contributed by atoms with Crippen LogP contribution in [0.15, 0.2) is 59.2 Å². The molecule has 3 rings (SSSR count). The summed E-state index contributed by atoms with van der Waals surface area (Å²) in [7, 11) is 2.15. The van der Waals surface area contributed by atoms with E-state index < -0.39 is 0 Å². The molecule has 0 bridgehead atoms. The number of carbonyl (C=O) groups is 1. The van der Waals surface area contributed by atoms with Gasteiger partial charge in [-0.15, -0.1) is 0 Å². The molecule has 5 nitrogen and oxygen atoms in total. The van der Waals surface area contributed by atoms with E-state index in [1.807, 2.05) is 42.5 Å². The smallest absolute Gasteiger partial charge is 0.323 e. The van der Waals surface area contributed by atoms with Gasteiger partial charge in [-0.05, 0) is 49.0 Å². The lowest BCUT2D eigenvalue weighted by molar-refractivity contribution is 0.255. The van der Waals surface area contributed by atoms with Crippen LogP contribution >= 0.6 is 15.9 Å². The van der Waals surface area contributed by atoms with Crippen molar-refractivity contribution < 1.29 is 4.79 Å². The van der Waals surface area contributed by atoms with Crippen LogP contribution in [-0.4, -0.2) is 44.2 Å². The van der Waals surface area contributed by atoms with E-state index in [0.29, 0.717) is 0 Å². The molecule has 2 N–H and O–H groups in total. The van der Waals surface area contributed by atoms with Crippen molar-refractivity contribution in [2.45, 2.75) is 0 Å². The summed E-state index contributed by atoms with van der Waals surface area (Å²) in [5.41, 5.74) is 2.97. The molecule has 2 amide bonds. The third-order valence-electron chi connectivity index (χ3n) is 4.38. The molecule has 1 heterocycles. The number of anilines is 2. The van der Waals surface area contributed by atoms with E-state index in [1.54, 1.807) is 6.20 Å². The topological polar surface area (TPSA) is 47.6 Å². The Kier molecular flexibility index (Phi) is 6.30. The van der Waals surface area contributed by atoms with Crippen molar-refractivity contribution in [1.82, 2.24) is 10.2 Å². The lowest BCUT2D eigenvalue weighted by atomic mass is 10.2. The molecule has 0 spiro atoms. The van der Waals surface area contributed by atoms with Crippen molar-refractivity contribution in [2.75, 3.05) is 43.4 Å². The molecule has 6 heteroatoms. The molecule has 1 aliphatic heterocycles. The van der Waals surface area contributed by atoms with Gasteiger partial charge in [-0.3, -0.25) is 0 Å². The van der Waals surface area contributed by atoms with Gasteiger partial charge in [0.1, 0.15) is 0 Å². The highest BCUT2D eigenvalue weighted by atomic mass is 79.9. The normalized spacial score (nSPS) is 15.2. The molecular formula is C20H23BrN4O. The maximum absolute atomic E-state index is 12.0. The molecule has 0 aromatic heterocycles. The number of piperazine rings is 1. The first kappa shape index (κ1) is 18.5. The van der Waals surface area contributed by atoms with Crippen molar-refractivity contribution in [1.29, 1.82) is 0 Å². The van der Waals surface area contributed by atoms with Gasteiger partial charge in [0.05, 0.1) is 0 Å². The van der Waals surface area contributed by atoms with E-state index in [2.05, 4.69) is 55.5 Å². The van der Waals surface area contributed by atoms with Crippen LogP contribution in [0.25, 0.3) is 6.08 Å². The van der Waals surface area contributed by atoms with E-state index in [0.717, 1.165) is 41.9 Å². The van der Waals surface area contributed by atoms with Gasteiger partial charge >= 0.3 is 6.03 Å². The fraction of sp³-hybridized carbons (Fsp3) is 0.250. The summed E-state index contributed by atoms with van der Waals surface area (Å²) in [6, 6.07) is 15.5.